The minimum absolute atomic E-state index is 0.529. The molecular weight excluding hydrogens is 351 g/mol. The zero-order valence-electron chi connectivity index (χ0n) is 9.27. The van der Waals surface area contributed by atoms with Crippen LogP contribution in [-0.2, 0) is 13.5 Å². The van der Waals surface area contributed by atoms with Crippen LogP contribution in [0.2, 0.25) is 5.15 Å². The fraction of sp³-hybridized carbons (Fsp3) is 0.250. The highest BCUT2D eigenvalue weighted by molar-refractivity contribution is 14.1. The van der Waals surface area contributed by atoms with Gasteiger partial charge in [0.25, 0.3) is 0 Å². The van der Waals surface area contributed by atoms with E-state index in [1.54, 1.807) is 17.8 Å². The normalized spacial score (nSPS) is 12.7. The van der Waals surface area contributed by atoms with Gasteiger partial charge in [-0.05, 0) is 40.3 Å². The van der Waals surface area contributed by atoms with Gasteiger partial charge in [0, 0.05) is 17.0 Å². The molecule has 0 aliphatic rings. The number of aliphatic hydroxyl groups is 1. The first-order valence-electron chi connectivity index (χ1n) is 5.17. The second kappa shape index (κ2) is 5.37. The Kier molecular flexibility index (Phi) is 4.06. The number of aromatic nitrogens is 2. The van der Waals surface area contributed by atoms with Gasteiger partial charge in [0.1, 0.15) is 17.1 Å². The van der Waals surface area contributed by atoms with Crippen LogP contribution in [-0.4, -0.2) is 14.7 Å². The summed E-state index contributed by atoms with van der Waals surface area (Å²) in [5.41, 5.74) is 1.08. The zero-order chi connectivity index (χ0) is 12.4. The van der Waals surface area contributed by atoms with Crippen LogP contribution in [0.15, 0.2) is 30.5 Å². The maximum Gasteiger partial charge on any atom is 0.138 e. The lowest BCUT2D eigenvalue weighted by atomic mass is 10.1. The molecule has 1 N–H and O–H groups in total. The Hall–Kier alpha value is -0.590. The van der Waals surface area contributed by atoms with Gasteiger partial charge in [-0.2, -0.15) is 0 Å². The van der Waals surface area contributed by atoms with Crippen LogP contribution in [0.4, 0.5) is 0 Å². The lowest BCUT2D eigenvalue weighted by Crippen LogP contribution is -2.08. The number of hydrogen-bond acceptors (Lipinski definition) is 2. The molecule has 2 aromatic rings. The van der Waals surface area contributed by atoms with E-state index >= 15 is 0 Å². The van der Waals surface area contributed by atoms with Crippen molar-refractivity contribution in [2.24, 2.45) is 7.05 Å². The molecule has 1 unspecified atom stereocenters. The molecule has 0 aliphatic heterocycles. The molecule has 0 fully saturated rings. The summed E-state index contributed by atoms with van der Waals surface area (Å²) in [4.78, 5) is 4.11. The summed E-state index contributed by atoms with van der Waals surface area (Å²) < 4.78 is 2.87. The summed E-state index contributed by atoms with van der Waals surface area (Å²) in [6.45, 7) is 0. The smallest absolute Gasteiger partial charge is 0.138 e. The average Bonchev–Trinajstić information content (AvgIpc) is 2.63. The van der Waals surface area contributed by atoms with Crippen LogP contribution in [0.5, 0.6) is 0 Å². The summed E-state index contributed by atoms with van der Waals surface area (Å²) in [5, 5.41) is 10.6. The quantitative estimate of drug-likeness (QED) is 0.853. The Balaban J connectivity index is 2.14. The van der Waals surface area contributed by atoms with E-state index < -0.39 is 6.10 Å². The van der Waals surface area contributed by atoms with Crippen molar-refractivity contribution in [2.45, 2.75) is 12.5 Å². The SMILES string of the molecule is Cn1c(Cl)cnc1C(O)Cc1ccc(I)cc1. The number of imidazole rings is 1. The molecule has 1 atom stereocenters. The van der Waals surface area contributed by atoms with Crippen LogP contribution >= 0.6 is 34.2 Å². The van der Waals surface area contributed by atoms with Gasteiger partial charge >= 0.3 is 0 Å². The molecule has 1 heterocycles. The van der Waals surface area contributed by atoms with Gasteiger partial charge in [-0.1, -0.05) is 23.7 Å². The minimum Gasteiger partial charge on any atom is -0.385 e. The summed E-state index contributed by atoms with van der Waals surface area (Å²) in [5.74, 6) is 0.591. The highest BCUT2D eigenvalue weighted by Gasteiger charge is 2.15. The second-order valence-corrected chi connectivity index (χ2v) is 5.48. The first-order valence-corrected chi connectivity index (χ1v) is 6.63. The molecule has 1 aromatic carbocycles. The summed E-state index contributed by atoms with van der Waals surface area (Å²) in [6, 6.07) is 8.06. The highest BCUT2D eigenvalue weighted by Crippen LogP contribution is 2.20. The van der Waals surface area contributed by atoms with Gasteiger partial charge in [-0.25, -0.2) is 4.98 Å². The molecule has 0 bridgehead atoms. The van der Waals surface area contributed by atoms with Gasteiger partial charge in [-0.3, -0.25) is 0 Å². The molecule has 17 heavy (non-hydrogen) atoms. The molecule has 0 amide bonds. The Morgan fingerprint density at radius 3 is 2.59 bits per heavy atom. The maximum atomic E-state index is 10.1. The van der Waals surface area contributed by atoms with E-state index in [-0.39, 0.29) is 0 Å². The molecule has 0 aliphatic carbocycles. The van der Waals surface area contributed by atoms with Gasteiger partial charge in [0.05, 0.1) is 6.20 Å². The van der Waals surface area contributed by atoms with Crippen molar-refractivity contribution in [3.63, 3.8) is 0 Å². The number of aliphatic hydroxyl groups excluding tert-OH is 1. The number of nitrogens with zero attached hydrogens (tertiary/aromatic N) is 2. The second-order valence-electron chi connectivity index (χ2n) is 3.84. The lowest BCUT2D eigenvalue weighted by Gasteiger charge is -2.11. The molecular formula is C12H12ClIN2O. The van der Waals surface area contributed by atoms with Gasteiger partial charge in [0.15, 0.2) is 0 Å². The monoisotopic (exact) mass is 362 g/mol. The van der Waals surface area contributed by atoms with Crippen molar-refractivity contribution in [3.8, 4) is 0 Å². The predicted molar refractivity (Wildman–Crippen MR) is 76.0 cm³/mol. The molecule has 0 saturated carbocycles. The number of hydrogen-bond donors (Lipinski definition) is 1. The molecule has 0 spiro atoms. The Bertz CT molecular complexity index is 510. The Morgan fingerprint density at radius 2 is 2.06 bits per heavy atom. The summed E-state index contributed by atoms with van der Waals surface area (Å²) >= 11 is 8.14. The van der Waals surface area contributed by atoms with Crippen molar-refractivity contribution in [2.75, 3.05) is 0 Å². The molecule has 90 valence electrons. The highest BCUT2D eigenvalue weighted by atomic mass is 127. The minimum atomic E-state index is -0.632. The topological polar surface area (TPSA) is 38.0 Å². The largest absolute Gasteiger partial charge is 0.385 e. The maximum absolute atomic E-state index is 10.1. The van der Waals surface area contributed by atoms with E-state index in [0.717, 1.165) is 5.56 Å². The molecule has 3 nitrogen and oxygen atoms in total. The number of halogens is 2. The van der Waals surface area contributed by atoms with Crippen LogP contribution in [0, 0.1) is 3.57 Å². The van der Waals surface area contributed by atoms with E-state index in [0.29, 0.717) is 17.4 Å². The predicted octanol–water partition coefficient (Wildman–Crippen LogP) is 2.95. The molecule has 1 aromatic heterocycles. The fourth-order valence-corrected chi connectivity index (χ4v) is 2.14. The Morgan fingerprint density at radius 1 is 1.41 bits per heavy atom. The Labute approximate surface area is 119 Å². The van der Waals surface area contributed by atoms with Gasteiger partial charge < -0.3 is 9.67 Å². The first kappa shape index (κ1) is 12.9. The van der Waals surface area contributed by atoms with Crippen molar-refractivity contribution >= 4 is 34.2 Å². The summed E-state index contributed by atoms with van der Waals surface area (Å²) in [7, 11) is 1.79. The average molecular weight is 363 g/mol. The van der Waals surface area contributed by atoms with Crippen molar-refractivity contribution < 1.29 is 5.11 Å². The van der Waals surface area contributed by atoms with Crippen LogP contribution in [0.1, 0.15) is 17.5 Å². The van der Waals surface area contributed by atoms with Gasteiger partial charge in [-0.15, -0.1) is 0 Å². The van der Waals surface area contributed by atoms with E-state index in [2.05, 4.69) is 27.6 Å². The first-order chi connectivity index (χ1) is 8.08. The fourth-order valence-electron chi connectivity index (χ4n) is 1.65. The lowest BCUT2D eigenvalue weighted by molar-refractivity contribution is 0.165. The van der Waals surface area contributed by atoms with E-state index in [4.69, 9.17) is 11.6 Å². The van der Waals surface area contributed by atoms with Crippen molar-refractivity contribution in [1.29, 1.82) is 0 Å². The summed E-state index contributed by atoms with van der Waals surface area (Å²) in [6.07, 6.45) is 1.46. The molecule has 2 rings (SSSR count). The van der Waals surface area contributed by atoms with Crippen LogP contribution < -0.4 is 0 Å². The van der Waals surface area contributed by atoms with E-state index in [1.807, 2.05) is 24.3 Å². The zero-order valence-corrected chi connectivity index (χ0v) is 12.2. The van der Waals surface area contributed by atoms with Crippen LogP contribution in [0.3, 0.4) is 0 Å². The van der Waals surface area contributed by atoms with E-state index in [9.17, 15) is 5.11 Å². The molecule has 0 saturated heterocycles. The third kappa shape index (κ3) is 3.00. The van der Waals surface area contributed by atoms with Gasteiger partial charge in [0.2, 0.25) is 0 Å². The van der Waals surface area contributed by atoms with Crippen molar-refractivity contribution in [3.05, 3.63) is 50.6 Å². The third-order valence-corrected chi connectivity index (χ3v) is 3.68. The molecule has 0 radical (unpaired) electrons. The number of benzene rings is 1. The van der Waals surface area contributed by atoms with E-state index in [1.165, 1.54) is 3.57 Å². The third-order valence-electron chi connectivity index (χ3n) is 2.61. The standard InChI is InChI=1S/C12H12ClIN2O/c1-16-11(13)7-15-12(16)10(17)6-8-2-4-9(14)5-3-8/h2-5,7,10,17H,6H2,1H3. The molecule has 5 heteroatoms. The van der Waals surface area contributed by atoms with Crippen LogP contribution in [0.25, 0.3) is 0 Å². The van der Waals surface area contributed by atoms with Crippen molar-refractivity contribution in [1.82, 2.24) is 9.55 Å². The number of rotatable bonds is 3.